The average Bonchev–Trinajstić information content (AvgIpc) is 2.54. The number of carbonyl (C=O) groups excluding carboxylic acids is 2. The summed E-state index contributed by atoms with van der Waals surface area (Å²) in [4.78, 5) is 24.5. The second-order valence-electron chi connectivity index (χ2n) is 7.06. The fourth-order valence-electron chi connectivity index (χ4n) is 2.40. The number of amides is 1. The van der Waals surface area contributed by atoms with Crippen LogP contribution in [-0.4, -0.2) is 24.5 Å². The summed E-state index contributed by atoms with van der Waals surface area (Å²) in [5.41, 5.74) is -2.31. The molecule has 0 aromatic heterocycles. The van der Waals surface area contributed by atoms with Crippen LogP contribution in [0.5, 0.6) is 0 Å². The molecule has 0 aliphatic heterocycles. The van der Waals surface area contributed by atoms with E-state index in [0.717, 1.165) is 18.6 Å². The van der Waals surface area contributed by atoms with Crippen molar-refractivity contribution in [2.75, 3.05) is 6.61 Å². The van der Waals surface area contributed by atoms with Gasteiger partial charge in [-0.1, -0.05) is 33.8 Å². The van der Waals surface area contributed by atoms with Crippen LogP contribution in [0, 0.1) is 17.7 Å². The van der Waals surface area contributed by atoms with Crippen LogP contribution in [0.1, 0.15) is 56.5 Å². The Hall–Kier alpha value is -2.12. The topological polar surface area (TPSA) is 55.4 Å². The first kappa shape index (κ1) is 22.9. The third-order valence-corrected chi connectivity index (χ3v) is 3.93. The number of esters is 1. The molecular formula is C19H25F4NO3. The molecule has 0 aliphatic rings. The Morgan fingerprint density at radius 2 is 1.78 bits per heavy atom. The van der Waals surface area contributed by atoms with E-state index in [0.29, 0.717) is 18.4 Å². The quantitative estimate of drug-likeness (QED) is 0.401. The van der Waals surface area contributed by atoms with Gasteiger partial charge in [0.15, 0.2) is 0 Å². The van der Waals surface area contributed by atoms with Crippen LogP contribution in [0.15, 0.2) is 18.2 Å². The molecule has 8 heteroatoms. The van der Waals surface area contributed by atoms with E-state index in [2.05, 4.69) is 5.32 Å². The van der Waals surface area contributed by atoms with Crippen molar-refractivity contribution in [2.45, 2.75) is 52.8 Å². The molecule has 152 valence electrons. The summed E-state index contributed by atoms with van der Waals surface area (Å²) in [6.45, 7) is 7.52. The fraction of sp³-hybridized carbons (Fsp3) is 0.579. The van der Waals surface area contributed by atoms with E-state index in [9.17, 15) is 27.2 Å². The van der Waals surface area contributed by atoms with Gasteiger partial charge in [0.2, 0.25) is 0 Å². The minimum atomic E-state index is -4.92. The highest BCUT2D eigenvalue weighted by atomic mass is 19.4. The van der Waals surface area contributed by atoms with Crippen LogP contribution >= 0.6 is 0 Å². The number of ether oxygens (including phenoxy) is 1. The van der Waals surface area contributed by atoms with Gasteiger partial charge in [-0.3, -0.25) is 4.79 Å². The molecule has 1 aromatic rings. The van der Waals surface area contributed by atoms with Gasteiger partial charge in [0.25, 0.3) is 5.91 Å². The van der Waals surface area contributed by atoms with Crippen LogP contribution in [0.25, 0.3) is 0 Å². The minimum Gasteiger partial charge on any atom is -0.464 e. The van der Waals surface area contributed by atoms with E-state index in [1.165, 1.54) is 0 Å². The first-order chi connectivity index (χ1) is 12.4. The number of hydrogen-bond acceptors (Lipinski definition) is 3. The Morgan fingerprint density at radius 1 is 1.15 bits per heavy atom. The van der Waals surface area contributed by atoms with Gasteiger partial charge in [-0.2, -0.15) is 13.2 Å². The molecule has 1 aromatic carbocycles. The van der Waals surface area contributed by atoms with Gasteiger partial charge in [-0.05, 0) is 36.8 Å². The molecule has 0 bridgehead atoms. The molecule has 0 spiro atoms. The normalized spacial score (nSPS) is 13.0. The van der Waals surface area contributed by atoms with Crippen molar-refractivity contribution in [3.63, 3.8) is 0 Å². The minimum absolute atomic E-state index is 0.175. The highest BCUT2D eigenvalue weighted by Gasteiger charge is 2.36. The summed E-state index contributed by atoms with van der Waals surface area (Å²) < 4.78 is 57.6. The zero-order valence-corrected chi connectivity index (χ0v) is 15.8. The lowest BCUT2D eigenvalue weighted by Crippen LogP contribution is -2.45. The van der Waals surface area contributed by atoms with Gasteiger partial charge in [0.1, 0.15) is 11.9 Å². The molecule has 1 atom stereocenters. The maximum absolute atomic E-state index is 14.1. The van der Waals surface area contributed by atoms with Crippen molar-refractivity contribution < 1.29 is 31.9 Å². The number of benzene rings is 1. The number of nitrogens with one attached hydrogen (secondary N) is 1. The van der Waals surface area contributed by atoms with Gasteiger partial charge in [0.05, 0.1) is 17.7 Å². The Bertz CT molecular complexity index is 657. The van der Waals surface area contributed by atoms with Gasteiger partial charge in [-0.15, -0.1) is 0 Å². The van der Waals surface area contributed by atoms with Crippen LogP contribution in [0.2, 0.25) is 0 Å². The summed E-state index contributed by atoms with van der Waals surface area (Å²) in [6.07, 6.45) is -3.40. The van der Waals surface area contributed by atoms with Gasteiger partial charge >= 0.3 is 12.1 Å². The third kappa shape index (κ3) is 6.84. The highest BCUT2D eigenvalue weighted by molar-refractivity contribution is 5.97. The second kappa shape index (κ2) is 9.71. The lowest BCUT2D eigenvalue weighted by molar-refractivity contribution is -0.147. The molecule has 1 rings (SSSR count). The van der Waals surface area contributed by atoms with Crippen molar-refractivity contribution in [2.24, 2.45) is 11.8 Å². The molecule has 0 saturated carbocycles. The van der Waals surface area contributed by atoms with Crippen molar-refractivity contribution >= 4 is 11.9 Å². The fourth-order valence-corrected chi connectivity index (χ4v) is 2.40. The first-order valence-electron chi connectivity index (χ1n) is 8.78. The predicted molar refractivity (Wildman–Crippen MR) is 92.5 cm³/mol. The molecule has 0 heterocycles. The van der Waals surface area contributed by atoms with Gasteiger partial charge in [-0.25, -0.2) is 9.18 Å². The van der Waals surface area contributed by atoms with Gasteiger partial charge in [0, 0.05) is 0 Å². The summed E-state index contributed by atoms with van der Waals surface area (Å²) >= 11 is 0. The van der Waals surface area contributed by atoms with Crippen molar-refractivity contribution in [1.82, 2.24) is 5.32 Å². The zero-order chi connectivity index (χ0) is 20.8. The van der Waals surface area contributed by atoms with Crippen LogP contribution in [-0.2, 0) is 15.7 Å². The monoisotopic (exact) mass is 391 g/mol. The molecule has 0 radical (unpaired) electrons. The Kier molecular flexibility index (Phi) is 8.24. The number of hydrogen-bond donors (Lipinski definition) is 1. The summed E-state index contributed by atoms with van der Waals surface area (Å²) in [5, 5.41) is 2.28. The van der Waals surface area contributed by atoms with E-state index >= 15 is 0 Å². The van der Waals surface area contributed by atoms with E-state index in [1.54, 1.807) is 13.8 Å². The SMILES string of the molecule is CC(C)CCCOC(=O)C(NC(=O)c1cccc(C(F)(F)F)c1F)C(C)C. The third-order valence-electron chi connectivity index (χ3n) is 3.93. The van der Waals surface area contributed by atoms with E-state index in [-0.39, 0.29) is 12.5 Å². The van der Waals surface area contributed by atoms with Crippen molar-refractivity contribution in [3.05, 3.63) is 35.1 Å². The maximum Gasteiger partial charge on any atom is 0.419 e. The molecule has 27 heavy (non-hydrogen) atoms. The van der Waals surface area contributed by atoms with Gasteiger partial charge < -0.3 is 10.1 Å². The summed E-state index contributed by atoms with van der Waals surface area (Å²) in [5.74, 6) is -3.41. The maximum atomic E-state index is 14.1. The lowest BCUT2D eigenvalue weighted by atomic mass is 10.0. The predicted octanol–water partition coefficient (Wildman–Crippen LogP) is 4.58. The molecule has 0 aliphatic carbocycles. The van der Waals surface area contributed by atoms with E-state index < -0.39 is 41.0 Å². The largest absolute Gasteiger partial charge is 0.464 e. The number of carbonyl (C=O) groups is 2. The molecule has 1 N–H and O–H groups in total. The van der Waals surface area contributed by atoms with Crippen LogP contribution in [0.4, 0.5) is 17.6 Å². The van der Waals surface area contributed by atoms with E-state index in [1.807, 2.05) is 13.8 Å². The smallest absolute Gasteiger partial charge is 0.419 e. The molecule has 0 saturated heterocycles. The molecule has 1 amide bonds. The summed E-state index contributed by atoms with van der Waals surface area (Å²) in [6, 6.07) is 1.33. The number of halogens is 4. The number of alkyl halides is 3. The van der Waals surface area contributed by atoms with E-state index in [4.69, 9.17) is 4.74 Å². The summed E-state index contributed by atoms with van der Waals surface area (Å²) in [7, 11) is 0. The average molecular weight is 391 g/mol. The lowest BCUT2D eigenvalue weighted by Gasteiger charge is -2.21. The Balaban J connectivity index is 2.86. The Morgan fingerprint density at radius 3 is 2.30 bits per heavy atom. The van der Waals surface area contributed by atoms with Crippen LogP contribution in [0.3, 0.4) is 0 Å². The molecular weight excluding hydrogens is 366 g/mol. The zero-order valence-electron chi connectivity index (χ0n) is 15.8. The molecule has 1 unspecified atom stereocenters. The Labute approximate surface area is 156 Å². The van der Waals surface area contributed by atoms with Crippen molar-refractivity contribution in [3.8, 4) is 0 Å². The highest BCUT2D eigenvalue weighted by Crippen LogP contribution is 2.32. The standard InChI is InChI=1S/C19H25F4NO3/c1-11(2)7-6-10-27-18(26)16(12(3)4)24-17(25)13-8-5-9-14(15(13)20)19(21,22)23/h5,8-9,11-12,16H,6-7,10H2,1-4H3,(H,24,25). The first-order valence-corrected chi connectivity index (χ1v) is 8.78. The van der Waals surface area contributed by atoms with Crippen molar-refractivity contribution in [1.29, 1.82) is 0 Å². The van der Waals surface area contributed by atoms with Crippen LogP contribution < -0.4 is 5.32 Å². The molecule has 4 nitrogen and oxygen atoms in total. The second-order valence-corrected chi connectivity index (χ2v) is 7.06. The number of rotatable bonds is 8. The molecule has 0 fully saturated rings.